The van der Waals surface area contributed by atoms with Crippen LogP contribution in [0.3, 0.4) is 0 Å². The van der Waals surface area contributed by atoms with E-state index in [1.807, 2.05) is 18.2 Å². The molecule has 2 N–H and O–H groups in total. The average Bonchev–Trinajstić information content (AvgIpc) is 2.35. The summed E-state index contributed by atoms with van der Waals surface area (Å²) in [5.74, 6) is 1.24. The molecular weight excluding hydrogens is 240 g/mol. The van der Waals surface area contributed by atoms with Crippen LogP contribution in [-0.4, -0.2) is 19.1 Å². The third-order valence-electron chi connectivity index (χ3n) is 3.11. The fourth-order valence-electron chi connectivity index (χ4n) is 2.04. The molecule has 0 fully saturated rings. The highest BCUT2D eigenvalue weighted by atomic mass is 16.5. The number of hydrogen-bond acceptors (Lipinski definition) is 3. The number of carbonyl (C=O) groups excluding carboxylic acids is 1. The zero-order chi connectivity index (χ0) is 14.4. The SMILES string of the molecule is CCC(Nc1cc(NC(C)=O)ccc1OC)C(C)C. The van der Waals surface area contributed by atoms with Gasteiger partial charge in [0.1, 0.15) is 5.75 Å². The monoisotopic (exact) mass is 264 g/mol. The maximum absolute atomic E-state index is 11.1. The van der Waals surface area contributed by atoms with Gasteiger partial charge in [-0.25, -0.2) is 0 Å². The molecule has 4 heteroatoms. The zero-order valence-electron chi connectivity index (χ0n) is 12.4. The van der Waals surface area contributed by atoms with Crippen molar-refractivity contribution in [3.8, 4) is 5.75 Å². The summed E-state index contributed by atoms with van der Waals surface area (Å²) in [5.41, 5.74) is 1.68. The van der Waals surface area contributed by atoms with E-state index in [1.54, 1.807) is 7.11 Å². The summed E-state index contributed by atoms with van der Waals surface area (Å²) in [4.78, 5) is 11.1. The molecule has 1 atom stereocenters. The molecule has 106 valence electrons. The fraction of sp³-hybridized carbons (Fsp3) is 0.533. The molecule has 0 aliphatic carbocycles. The van der Waals surface area contributed by atoms with Gasteiger partial charge in [0, 0.05) is 18.7 Å². The summed E-state index contributed by atoms with van der Waals surface area (Å²) in [7, 11) is 1.65. The van der Waals surface area contributed by atoms with Gasteiger partial charge >= 0.3 is 0 Å². The number of methoxy groups -OCH3 is 1. The normalized spacial score (nSPS) is 12.1. The van der Waals surface area contributed by atoms with Gasteiger partial charge in [0.25, 0.3) is 0 Å². The number of anilines is 2. The Morgan fingerprint density at radius 3 is 2.53 bits per heavy atom. The molecule has 0 bridgehead atoms. The van der Waals surface area contributed by atoms with Crippen LogP contribution < -0.4 is 15.4 Å². The lowest BCUT2D eigenvalue weighted by Gasteiger charge is -2.23. The molecule has 0 heterocycles. The lowest BCUT2D eigenvalue weighted by molar-refractivity contribution is -0.114. The Kier molecular flexibility index (Phi) is 5.67. The molecule has 0 saturated carbocycles. The van der Waals surface area contributed by atoms with E-state index < -0.39 is 0 Å². The van der Waals surface area contributed by atoms with Crippen LogP contribution in [0.15, 0.2) is 18.2 Å². The first kappa shape index (κ1) is 15.3. The maximum Gasteiger partial charge on any atom is 0.221 e. The third kappa shape index (κ3) is 4.47. The molecule has 4 nitrogen and oxygen atoms in total. The zero-order valence-corrected chi connectivity index (χ0v) is 12.4. The highest BCUT2D eigenvalue weighted by Gasteiger charge is 2.13. The Morgan fingerprint density at radius 2 is 2.05 bits per heavy atom. The highest BCUT2D eigenvalue weighted by molar-refractivity contribution is 5.89. The van der Waals surface area contributed by atoms with Crippen LogP contribution in [0.1, 0.15) is 34.1 Å². The predicted molar refractivity (Wildman–Crippen MR) is 79.8 cm³/mol. The fourth-order valence-corrected chi connectivity index (χ4v) is 2.04. The number of rotatable bonds is 6. The van der Waals surface area contributed by atoms with Crippen LogP contribution in [0, 0.1) is 5.92 Å². The van der Waals surface area contributed by atoms with Crippen molar-refractivity contribution in [2.45, 2.75) is 40.2 Å². The Morgan fingerprint density at radius 1 is 1.37 bits per heavy atom. The van der Waals surface area contributed by atoms with Gasteiger partial charge in [-0.2, -0.15) is 0 Å². The Labute approximate surface area is 115 Å². The van der Waals surface area contributed by atoms with E-state index in [-0.39, 0.29) is 5.91 Å². The van der Waals surface area contributed by atoms with Crippen LogP contribution >= 0.6 is 0 Å². The van der Waals surface area contributed by atoms with E-state index in [9.17, 15) is 4.79 Å². The van der Waals surface area contributed by atoms with E-state index in [1.165, 1.54) is 6.92 Å². The molecule has 1 aromatic carbocycles. The number of ether oxygens (including phenoxy) is 1. The van der Waals surface area contributed by atoms with Gasteiger partial charge in [0.15, 0.2) is 0 Å². The topological polar surface area (TPSA) is 50.4 Å². The molecule has 0 aliphatic rings. The number of amides is 1. The van der Waals surface area contributed by atoms with Crippen LogP contribution in [0.25, 0.3) is 0 Å². The minimum Gasteiger partial charge on any atom is -0.495 e. The van der Waals surface area contributed by atoms with Gasteiger partial charge in [-0.3, -0.25) is 4.79 Å². The standard InChI is InChI=1S/C15H24N2O2/c1-6-13(10(2)3)17-14-9-12(16-11(4)18)7-8-15(14)19-5/h7-10,13,17H,6H2,1-5H3,(H,16,18). The second kappa shape index (κ2) is 7.02. The average molecular weight is 264 g/mol. The minimum atomic E-state index is -0.0768. The molecule has 0 aromatic heterocycles. The largest absolute Gasteiger partial charge is 0.495 e. The molecule has 0 aliphatic heterocycles. The lowest BCUT2D eigenvalue weighted by atomic mass is 10.0. The molecule has 0 spiro atoms. The summed E-state index contributed by atoms with van der Waals surface area (Å²) < 4.78 is 5.36. The first-order chi connectivity index (χ1) is 8.97. The van der Waals surface area contributed by atoms with Crippen molar-refractivity contribution >= 4 is 17.3 Å². The van der Waals surface area contributed by atoms with E-state index in [4.69, 9.17) is 4.74 Å². The Hall–Kier alpha value is -1.71. The van der Waals surface area contributed by atoms with Crippen LogP contribution in [0.5, 0.6) is 5.75 Å². The van der Waals surface area contributed by atoms with E-state index in [2.05, 4.69) is 31.4 Å². The van der Waals surface area contributed by atoms with E-state index in [0.29, 0.717) is 12.0 Å². The van der Waals surface area contributed by atoms with Gasteiger partial charge in [0.2, 0.25) is 5.91 Å². The van der Waals surface area contributed by atoms with Gasteiger partial charge in [-0.15, -0.1) is 0 Å². The van der Waals surface area contributed by atoms with E-state index >= 15 is 0 Å². The van der Waals surface area contributed by atoms with E-state index in [0.717, 1.165) is 23.5 Å². The van der Waals surface area contributed by atoms with Crippen LogP contribution in [0.2, 0.25) is 0 Å². The Balaban J connectivity index is 2.98. The van der Waals surface area contributed by atoms with Gasteiger partial charge in [0.05, 0.1) is 12.8 Å². The summed E-state index contributed by atoms with van der Waals surface area (Å²) >= 11 is 0. The quantitative estimate of drug-likeness (QED) is 0.826. The summed E-state index contributed by atoms with van der Waals surface area (Å²) in [6.07, 6.45) is 1.03. The van der Waals surface area contributed by atoms with Crippen molar-refractivity contribution < 1.29 is 9.53 Å². The molecule has 19 heavy (non-hydrogen) atoms. The number of nitrogens with one attached hydrogen (secondary N) is 2. The first-order valence-corrected chi connectivity index (χ1v) is 6.70. The highest BCUT2D eigenvalue weighted by Crippen LogP contribution is 2.29. The number of carbonyl (C=O) groups is 1. The summed E-state index contributed by atoms with van der Waals surface area (Å²) in [5, 5.41) is 6.27. The van der Waals surface area contributed by atoms with Crippen LogP contribution in [0.4, 0.5) is 11.4 Å². The van der Waals surface area contributed by atoms with Crippen molar-refractivity contribution in [2.24, 2.45) is 5.92 Å². The minimum absolute atomic E-state index is 0.0768. The van der Waals surface area contributed by atoms with Crippen molar-refractivity contribution in [2.75, 3.05) is 17.7 Å². The van der Waals surface area contributed by atoms with Crippen molar-refractivity contribution in [1.82, 2.24) is 0 Å². The van der Waals surface area contributed by atoms with Crippen molar-refractivity contribution in [3.63, 3.8) is 0 Å². The smallest absolute Gasteiger partial charge is 0.221 e. The summed E-state index contributed by atoms with van der Waals surface area (Å²) in [6.45, 7) is 8.03. The molecule has 1 aromatic rings. The van der Waals surface area contributed by atoms with Gasteiger partial charge < -0.3 is 15.4 Å². The third-order valence-corrected chi connectivity index (χ3v) is 3.11. The second-order valence-electron chi connectivity index (χ2n) is 5.00. The molecule has 1 unspecified atom stereocenters. The Bertz CT molecular complexity index is 430. The number of benzene rings is 1. The molecule has 1 amide bonds. The molecule has 0 radical (unpaired) electrons. The summed E-state index contributed by atoms with van der Waals surface area (Å²) in [6, 6.07) is 5.98. The first-order valence-electron chi connectivity index (χ1n) is 6.70. The predicted octanol–water partition coefficient (Wildman–Crippen LogP) is 3.50. The number of hydrogen-bond donors (Lipinski definition) is 2. The second-order valence-corrected chi connectivity index (χ2v) is 5.00. The maximum atomic E-state index is 11.1. The van der Waals surface area contributed by atoms with Crippen molar-refractivity contribution in [1.29, 1.82) is 0 Å². The molecular formula is C15H24N2O2. The van der Waals surface area contributed by atoms with Gasteiger partial charge in [-0.05, 0) is 30.5 Å². The lowest BCUT2D eigenvalue weighted by Crippen LogP contribution is -2.24. The molecule has 1 rings (SSSR count). The van der Waals surface area contributed by atoms with Crippen LogP contribution in [-0.2, 0) is 4.79 Å². The molecule has 0 saturated heterocycles. The van der Waals surface area contributed by atoms with Gasteiger partial charge in [-0.1, -0.05) is 20.8 Å². The van der Waals surface area contributed by atoms with Crippen molar-refractivity contribution in [3.05, 3.63) is 18.2 Å².